The van der Waals surface area contributed by atoms with Gasteiger partial charge in [-0.25, -0.2) is 9.59 Å². The maximum Gasteiger partial charge on any atom is 0.410 e. The zero-order valence-electron chi connectivity index (χ0n) is 18.4. The summed E-state index contributed by atoms with van der Waals surface area (Å²) in [5.74, 6) is -0.348. The summed E-state index contributed by atoms with van der Waals surface area (Å²) in [5.41, 5.74) is 2.50. The molecule has 0 radical (unpaired) electrons. The van der Waals surface area contributed by atoms with Crippen molar-refractivity contribution in [3.63, 3.8) is 0 Å². The molecule has 0 spiro atoms. The van der Waals surface area contributed by atoms with Crippen molar-refractivity contribution in [3.8, 4) is 0 Å². The molecule has 1 unspecified atom stereocenters. The zero-order chi connectivity index (χ0) is 23.4. The number of urea groups is 1. The van der Waals surface area contributed by atoms with Crippen LogP contribution in [-0.4, -0.2) is 59.8 Å². The topological polar surface area (TPSA) is 111 Å². The van der Waals surface area contributed by atoms with Crippen molar-refractivity contribution in [1.82, 2.24) is 15.5 Å². The van der Waals surface area contributed by atoms with E-state index in [0.29, 0.717) is 13.1 Å². The summed E-state index contributed by atoms with van der Waals surface area (Å²) in [6, 6.07) is 15.4. The van der Waals surface area contributed by atoms with Gasteiger partial charge < -0.3 is 20.5 Å². The molecule has 2 aromatic rings. The van der Waals surface area contributed by atoms with Gasteiger partial charge in [0.1, 0.15) is 12.6 Å². The van der Waals surface area contributed by atoms with Gasteiger partial charge in [-0.15, -0.1) is 0 Å². The van der Waals surface area contributed by atoms with E-state index in [9.17, 15) is 19.5 Å². The van der Waals surface area contributed by atoms with E-state index in [1.165, 1.54) is 4.90 Å². The molecule has 33 heavy (non-hydrogen) atoms. The highest BCUT2D eigenvalue weighted by atomic mass is 16.6. The van der Waals surface area contributed by atoms with Crippen molar-refractivity contribution in [3.05, 3.63) is 65.7 Å². The molecule has 2 fully saturated rings. The summed E-state index contributed by atoms with van der Waals surface area (Å²) in [6.07, 6.45) is -1.26. The van der Waals surface area contributed by atoms with Gasteiger partial charge in [0.05, 0.1) is 18.7 Å². The van der Waals surface area contributed by atoms with Gasteiger partial charge in [-0.1, -0.05) is 42.5 Å². The lowest BCUT2D eigenvalue weighted by atomic mass is 10.1. The van der Waals surface area contributed by atoms with Gasteiger partial charge in [-0.05, 0) is 30.2 Å². The van der Waals surface area contributed by atoms with E-state index in [-0.39, 0.29) is 37.6 Å². The van der Waals surface area contributed by atoms with E-state index in [0.717, 1.165) is 16.8 Å². The Balaban J connectivity index is 1.35. The minimum absolute atomic E-state index is 0.0483. The van der Waals surface area contributed by atoms with Crippen LogP contribution in [0.15, 0.2) is 54.6 Å². The molecule has 0 saturated carbocycles. The summed E-state index contributed by atoms with van der Waals surface area (Å²) in [4.78, 5) is 40.3. The van der Waals surface area contributed by atoms with Crippen molar-refractivity contribution in [1.29, 1.82) is 0 Å². The van der Waals surface area contributed by atoms with Crippen LogP contribution < -0.4 is 15.5 Å². The van der Waals surface area contributed by atoms with Crippen LogP contribution in [0, 0.1) is 0 Å². The first-order valence-corrected chi connectivity index (χ1v) is 11.0. The SMILES string of the molecule is CC(NC(=O)[C@@H]1C[C@@H](O)CN1C(=O)OCc1ccccc1)c1ccc(N2CCNC2=O)cc1. The summed E-state index contributed by atoms with van der Waals surface area (Å²) in [7, 11) is 0. The van der Waals surface area contributed by atoms with E-state index >= 15 is 0 Å². The van der Waals surface area contributed by atoms with E-state index in [1.54, 1.807) is 4.90 Å². The van der Waals surface area contributed by atoms with Crippen LogP contribution in [-0.2, 0) is 16.1 Å². The number of likely N-dealkylation sites (tertiary alicyclic amines) is 1. The average Bonchev–Trinajstić information content (AvgIpc) is 3.43. The van der Waals surface area contributed by atoms with Gasteiger partial charge in [0.25, 0.3) is 0 Å². The molecule has 0 aliphatic carbocycles. The quantitative estimate of drug-likeness (QED) is 0.622. The van der Waals surface area contributed by atoms with Crippen LogP contribution in [0.4, 0.5) is 15.3 Å². The Bertz CT molecular complexity index is 998. The Kier molecular flexibility index (Phi) is 6.79. The molecule has 3 atom stereocenters. The molecule has 174 valence electrons. The van der Waals surface area contributed by atoms with Crippen molar-refractivity contribution >= 4 is 23.7 Å². The highest BCUT2D eigenvalue weighted by Gasteiger charge is 2.40. The highest BCUT2D eigenvalue weighted by molar-refractivity contribution is 5.94. The fourth-order valence-corrected chi connectivity index (χ4v) is 4.12. The number of nitrogens with one attached hydrogen (secondary N) is 2. The number of amides is 4. The number of carbonyl (C=O) groups excluding carboxylic acids is 3. The summed E-state index contributed by atoms with van der Waals surface area (Å²) in [6.45, 7) is 3.22. The fourth-order valence-electron chi connectivity index (χ4n) is 4.12. The lowest BCUT2D eigenvalue weighted by Crippen LogP contribution is -2.46. The van der Waals surface area contributed by atoms with Crippen LogP contribution in [0.3, 0.4) is 0 Å². The second kappa shape index (κ2) is 9.91. The molecule has 4 amide bonds. The maximum absolute atomic E-state index is 12.9. The number of β-amino-alcohol motifs (C(OH)–C–C–N with tert-alkyl or cyclic N) is 1. The van der Waals surface area contributed by atoms with Gasteiger partial charge in [0.2, 0.25) is 5.91 Å². The number of carbonyl (C=O) groups is 3. The monoisotopic (exact) mass is 452 g/mol. The number of ether oxygens (including phenoxy) is 1. The van der Waals surface area contributed by atoms with Crippen molar-refractivity contribution in [2.24, 2.45) is 0 Å². The second-order valence-electron chi connectivity index (χ2n) is 8.30. The predicted molar refractivity (Wildman–Crippen MR) is 121 cm³/mol. The summed E-state index contributed by atoms with van der Waals surface area (Å²) >= 11 is 0. The molecule has 9 heteroatoms. The van der Waals surface area contributed by atoms with Gasteiger partial charge >= 0.3 is 12.1 Å². The number of nitrogens with zero attached hydrogens (tertiary/aromatic N) is 2. The number of benzene rings is 2. The molecule has 9 nitrogen and oxygen atoms in total. The molecule has 2 aromatic carbocycles. The minimum Gasteiger partial charge on any atom is -0.445 e. The molecular formula is C24H28N4O5. The molecule has 4 rings (SSSR count). The molecule has 2 aliphatic heterocycles. The zero-order valence-corrected chi connectivity index (χ0v) is 18.4. The number of rotatable bonds is 6. The van der Waals surface area contributed by atoms with Crippen LogP contribution in [0.5, 0.6) is 0 Å². The third kappa shape index (κ3) is 5.25. The first kappa shape index (κ1) is 22.6. The van der Waals surface area contributed by atoms with Crippen LogP contribution in [0.1, 0.15) is 30.5 Å². The second-order valence-corrected chi connectivity index (χ2v) is 8.30. The van der Waals surface area contributed by atoms with Crippen LogP contribution >= 0.6 is 0 Å². The Labute approximate surface area is 192 Å². The van der Waals surface area contributed by atoms with Crippen molar-refractivity contribution in [2.45, 2.75) is 38.1 Å². The smallest absolute Gasteiger partial charge is 0.410 e. The lowest BCUT2D eigenvalue weighted by molar-refractivity contribution is -0.125. The number of hydrogen-bond donors (Lipinski definition) is 3. The first-order valence-electron chi connectivity index (χ1n) is 11.0. The van der Waals surface area contributed by atoms with Crippen LogP contribution in [0.25, 0.3) is 0 Å². The molecule has 2 aliphatic rings. The average molecular weight is 453 g/mol. The standard InChI is InChI=1S/C24H28N4O5/c1-16(18-7-9-19(10-8-18)27-12-11-25-23(27)31)26-22(30)21-13-20(29)14-28(21)24(32)33-15-17-5-3-2-4-6-17/h2-10,16,20-21,29H,11-15H2,1H3,(H,25,31)(H,26,30)/t16?,20-,21+/m1/s1. The molecule has 0 bridgehead atoms. The highest BCUT2D eigenvalue weighted by Crippen LogP contribution is 2.23. The predicted octanol–water partition coefficient (Wildman–Crippen LogP) is 2.17. The maximum atomic E-state index is 12.9. The number of anilines is 1. The van der Waals surface area contributed by atoms with E-state index in [1.807, 2.05) is 61.5 Å². The van der Waals surface area contributed by atoms with Gasteiger partial charge in [0, 0.05) is 25.2 Å². The lowest BCUT2D eigenvalue weighted by Gasteiger charge is -2.25. The van der Waals surface area contributed by atoms with Gasteiger partial charge in [-0.2, -0.15) is 0 Å². The first-order chi connectivity index (χ1) is 15.9. The van der Waals surface area contributed by atoms with E-state index in [4.69, 9.17) is 4.74 Å². The third-order valence-corrected chi connectivity index (χ3v) is 5.94. The largest absolute Gasteiger partial charge is 0.445 e. The Morgan fingerprint density at radius 2 is 1.91 bits per heavy atom. The van der Waals surface area contributed by atoms with E-state index < -0.39 is 18.2 Å². The number of aliphatic hydroxyl groups excluding tert-OH is 1. The van der Waals surface area contributed by atoms with Gasteiger partial charge in [-0.3, -0.25) is 14.6 Å². The van der Waals surface area contributed by atoms with Crippen molar-refractivity contribution < 1.29 is 24.2 Å². The fraction of sp³-hybridized carbons (Fsp3) is 0.375. The van der Waals surface area contributed by atoms with Gasteiger partial charge in [0.15, 0.2) is 0 Å². The number of hydrogen-bond acceptors (Lipinski definition) is 5. The van der Waals surface area contributed by atoms with E-state index in [2.05, 4.69) is 10.6 Å². The molecule has 0 aromatic heterocycles. The molecule has 2 saturated heterocycles. The summed E-state index contributed by atoms with van der Waals surface area (Å²) in [5, 5.41) is 15.8. The Morgan fingerprint density at radius 1 is 1.18 bits per heavy atom. The van der Waals surface area contributed by atoms with Crippen molar-refractivity contribution in [2.75, 3.05) is 24.5 Å². The Hall–Kier alpha value is -3.59. The molecule has 3 N–H and O–H groups in total. The Morgan fingerprint density at radius 3 is 2.58 bits per heavy atom. The third-order valence-electron chi connectivity index (χ3n) is 5.94. The minimum atomic E-state index is -0.807. The number of aliphatic hydroxyl groups is 1. The normalized spacial score (nSPS) is 21.0. The van der Waals surface area contributed by atoms with Crippen LogP contribution in [0.2, 0.25) is 0 Å². The summed E-state index contributed by atoms with van der Waals surface area (Å²) < 4.78 is 5.36. The molecular weight excluding hydrogens is 424 g/mol. The molecule has 2 heterocycles.